The van der Waals surface area contributed by atoms with Crippen molar-refractivity contribution in [3.8, 4) is 18.1 Å². The van der Waals surface area contributed by atoms with Crippen LogP contribution in [-0.4, -0.2) is 18.7 Å². The van der Waals surface area contributed by atoms with Gasteiger partial charge in [-0.25, -0.2) is 0 Å². The maximum absolute atomic E-state index is 12.3. The number of hydrogen-bond donors (Lipinski definition) is 1. The third kappa shape index (κ3) is 3.53. The third-order valence-electron chi connectivity index (χ3n) is 4.56. The van der Waals surface area contributed by atoms with Crippen LogP contribution in [0.5, 0.6) is 5.75 Å². The molecule has 0 saturated heterocycles. The van der Waals surface area contributed by atoms with Gasteiger partial charge in [-0.1, -0.05) is 12.1 Å². The van der Waals surface area contributed by atoms with E-state index in [1.54, 1.807) is 7.11 Å². The second-order valence-electron chi connectivity index (χ2n) is 6.25. The van der Waals surface area contributed by atoms with Crippen LogP contribution in [0.25, 0.3) is 0 Å². The maximum Gasteiger partial charge on any atom is 0.220 e. The lowest BCUT2D eigenvalue weighted by molar-refractivity contribution is -0.122. The molecule has 1 heterocycles. The van der Waals surface area contributed by atoms with Gasteiger partial charge in [0.1, 0.15) is 5.75 Å². The highest BCUT2D eigenvalue weighted by molar-refractivity contribution is 5.77. The Balaban J connectivity index is 1.54. The predicted octanol–water partition coefficient (Wildman–Crippen LogP) is 3.16. The van der Waals surface area contributed by atoms with Gasteiger partial charge in [-0.15, -0.1) is 12.3 Å². The number of terminal acetylenes is 1. The Morgan fingerprint density at radius 2 is 2.17 bits per heavy atom. The normalized spacial score (nSPS) is 18.8. The molecule has 1 amide bonds. The quantitative estimate of drug-likeness (QED) is 0.750. The molecule has 0 atom stereocenters. The van der Waals surface area contributed by atoms with E-state index >= 15 is 0 Å². The van der Waals surface area contributed by atoms with E-state index in [-0.39, 0.29) is 11.4 Å². The van der Waals surface area contributed by atoms with Crippen LogP contribution < -0.4 is 10.1 Å². The molecule has 0 aromatic heterocycles. The first kappa shape index (κ1) is 15.5. The summed E-state index contributed by atoms with van der Waals surface area (Å²) in [5.74, 6) is 3.46. The van der Waals surface area contributed by atoms with Gasteiger partial charge >= 0.3 is 0 Å². The first-order chi connectivity index (χ1) is 11.1. The lowest BCUT2D eigenvalue weighted by atomic mass is 10.0. The summed E-state index contributed by atoms with van der Waals surface area (Å²) in [7, 11) is 1.65. The lowest BCUT2D eigenvalue weighted by Gasteiger charge is -2.19. The molecule has 0 radical (unpaired) electrons. The molecular weight excluding hydrogens is 290 g/mol. The molecule has 2 aliphatic rings. The third-order valence-corrected chi connectivity index (χ3v) is 4.56. The van der Waals surface area contributed by atoms with Gasteiger partial charge in [0.2, 0.25) is 5.91 Å². The van der Waals surface area contributed by atoms with E-state index in [1.165, 1.54) is 0 Å². The molecule has 1 aromatic carbocycles. The molecule has 1 aliphatic carbocycles. The molecule has 1 fully saturated rings. The molecule has 3 rings (SSSR count). The van der Waals surface area contributed by atoms with Crippen LogP contribution in [0.1, 0.15) is 44.1 Å². The van der Waals surface area contributed by atoms with E-state index in [1.807, 2.05) is 24.3 Å². The van der Waals surface area contributed by atoms with Crippen molar-refractivity contribution < 1.29 is 9.53 Å². The topological polar surface area (TPSA) is 63.0 Å². The molecule has 5 nitrogen and oxygen atoms in total. The summed E-state index contributed by atoms with van der Waals surface area (Å²) in [5.41, 5.74) is 0.485. The molecule has 1 saturated carbocycles. The minimum atomic E-state index is -0.392. The molecule has 1 N–H and O–H groups in total. The van der Waals surface area contributed by atoms with Crippen molar-refractivity contribution in [2.24, 2.45) is 10.2 Å². The van der Waals surface area contributed by atoms with Crippen molar-refractivity contribution >= 4 is 5.91 Å². The highest BCUT2D eigenvalue weighted by atomic mass is 16.5. The van der Waals surface area contributed by atoms with Gasteiger partial charge in [0.05, 0.1) is 12.6 Å². The van der Waals surface area contributed by atoms with Crippen LogP contribution in [0.2, 0.25) is 0 Å². The van der Waals surface area contributed by atoms with Crippen LogP contribution in [0.4, 0.5) is 0 Å². The fourth-order valence-corrected chi connectivity index (χ4v) is 2.84. The highest BCUT2D eigenvalue weighted by Gasteiger charge is 2.46. The van der Waals surface area contributed by atoms with Crippen molar-refractivity contribution in [2.45, 2.75) is 49.7 Å². The molecular formula is C18H21N3O2. The number of carbonyl (C=O) groups is 1. The Morgan fingerprint density at radius 3 is 2.78 bits per heavy atom. The summed E-state index contributed by atoms with van der Waals surface area (Å²) in [6, 6.07) is 7.90. The Hall–Kier alpha value is -2.35. The molecule has 0 spiro atoms. The standard InChI is InChI=1S/C18H21N3O2/c1-3-4-9-18(20-21-18)10-8-16(22)19-17(11-12-17)14-6-5-7-15(13-14)23-2/h1,5-7,13H,4,8-12H2,2H3,(H,19,22). The molecule has 23 heavy (non-hydrogen) atoms. The summed E-state index contributed by atoms with van der Waals surface area (Å²) in [5, 5.41) is 11.3. The van der Waals surface area contributed by atoms with Gasteiger partial charge in [-0.2, -0.15) is 10.2 Å². The number of ether oxygens (including phenoxy) is 1. The minimum absolute atomic E-state index is 0.0442. The minimum Gasteiger partial charge on any atom is -0.497 e. The zero-order valence-electron chi connectivity index (χ0n) is 13.3. The predicted molar refractivity (Wildman–Crippen MR) is 86.9 cm³/mol. The number of nitrogens with zero attached hydrogens (tertiary/aromatic N) is 2. The molecule has 120 valence electrons. The number of hydrogen-bond acceptors (Lipinski definition) is 4. The van der Waals surface area contributed by atoms with Gasteiger partial charge in [0.25, 0.3) is 0 Å². The van der Waals surface area contributed by atoms with Crippen LogP contribution in [0, 0.1) is 12.3 Å². The fraction of sp³-hybridized carbons (Fsp3) is 0.500. The average Bonchev–Trinajstić information content (AvgIpc) is 3.49. The Bertz CT molecular complexity index is 665. The number of rotatable bonds is 8. The summed E-state index contributed by atoms with van der Waals surface area (Å²) in [6.07, 6.45) is 9.63. The van der Waals surface area contributed by atoms with E-state index in [0.717, 1.165) is 30.6 Å². The average molecular weight is 311 g/mol. The number of methoxy groups -OCH3 is 1. The molecule has 1 aliphatic heterocycles. The SMILES string of the molecule is C#CCCC1(CCC(=O)NC2(c3cccc(OC)c3)CC2)N=N1. The highest BCUT2D eigenvalue weighted by Crippen LogP contribution is 2.46. The molecule has 0 unspecified atom stereocenters. The zero-order chi connectivity index (χ0) is 16.3. The lowest BCUT2D eigenvalue weighted by Crippen LogP contribution is -2.35. The number of carbonyl (C=O) groups excluding carboxylic acids is 1. The van der Waals surface area contributed by atoms with Gasteiger partial charge in [-0.3, -0.25) is 4.79 Å². The van der Waals surface area contributed by atoms with Crippen molar-refractivity contribution in [3.63, 3.8) is 0 Å². The first-order valence-electron chi connectivity index (χ1n) is 7.95. The zero-order valence-corrected chi connectivity index (χ0v) is 13.3. The Kier molecular flexibility index (Phi) is 4.08. The van der Waals surface area contributed by atoms with Crippen LogP contribution in [0.15, 0.2) is 34.5 Å². The van der Waals surface area contributed by atoms with E-state index in [9.17, 15) is 4.79 Å². The van der Waals surface area contributed by atoms with Gasteiger partial charge in [0.15, 0.2) is 5.66 Å². The van der Waals surface area contributed by atoms with Crippen LogP contribution in [0.3, 0.4) is 0 Å². The van der Waals surface area contributed by atoms with E-state index in [0.29, 0.717) is 19.3 Å². The number of benzene rings is 1. The molecule has 1 aromatic rings. The Morgan fingerprint density at radius 1 is 1.39 bits per heavy atom. The number of amides is 1. The monoisotopic (exact) mass is 311 g/mol. The van der Waals surface area contributed by atoms with Crippen molar-refractivity contribution in [1.82, 2.24) is 5.32 Å². The van der Waals surface area contributed by atoms with E-state index in [4.69, 9.17) is 11.2 Å². The second-order valence-corrected chi connectivity index (χ2v) is 6.25. The number of nitrogens with one attached hydrogen (secondary N) is 1. The summed E-state index contributed by atoms with van der Waals surface area (Å²) in [4.78, 5) is 12.3. The maximum atomic E-state index is 12.3. The van der Waals surface area contributed by atoms with Crippen LogP contribution >= 0.6 is 0 Å². The molecule has 5 heteroatoms. The smallest absolute Gasteiger partial charge is 0.220 e. The van der Waals surface area contributed by atoms with Crippen molar-refractivity contribution in [1.29, 1.82) is 0 Å². The molecule has 0 bridgehead atoms. The van der Waals surface area contributed by atoms with Crippen LogP contribution in [-0.2, 0) is 10.3 Å². The Labute approximate surface area is 136 Å². The van der Waals surface area contributed by atoms with Crippen molar-refractivity contribution in [2.75, 3.05) is 7.11 Å². The van der Waals surface area contributed by atoms with E-state index in [2.05, 4.69) is 21.5 Å². The first-order valence-corrected chi connectivity index (χ1v) is 7.95. The van der Waals surface area contributed by atoms with Gasteiger partial charge in [0, 0.05) is 25.7 Å². The second kappa shape index (κ2) is 6.04. The van der Waals surface area contributed by atoms with E-state index < -0.39 is 5.66 Å². The fourth-order valence-electron chi connectivity index (χ4n) is 2.84. The van der Waals surface area contributed by atoms with Gasteiger partial charge < -0.3 is 10.1 Å². The summed E-state index contributed by atoms with van der Waals surface area (Å²) < 4.78 is 5.27. The summed E-state index contributed by atoms with van der Waals surface area (Å²) in [6.45, 7) is 0. The summed E-state index contributed by atoms with van der Waals surface area (Å²) >= 11 is 0. The largest absolute Gasteiger partial charge is 0.497 e. The van der Waals surface area contributed by atoms with Crippen molar-refractivity contribution in [3.05, 3.63) is 29.8 Å². The van der Waals surface area contributed by atoms with Gasteiger partial charge in [-0.05, 0) is 30.5 Å².